The van der Waals surface area contributed by atoms with Crippen molar-refractivity contribution in [2.75, 3.05) is 21.3 Å². The quantitative estimate of drug-likeness (QED) is 0.0615. The van der Waals surface area contributed by atoms with Gasteiger partial charge in [-0.05, 0) is 107 Å². The van der Waals surface area contributed by atoms with Gasteiger partial charge in [-0.2, -0.15) is 12.4 Å². The van der Waals surface area contributed by atoms with Gasteiger partial charge in [0.25, 0.3) is 0 Å². The number of Topliss-reactive ketones (excluding diaryl/α,β-unsaturated/α-hetero) is 1. The summed E-state index contributed by atoms with van der Waals surface area (Å²) in [5.41, 5.74) is 7.20. The van der Waals surface area contributed by atoms with Gasteiger partial charge in [-0.25, -0.2) is 0 Å². The molecule has 0 spiro atoms. The molecule has 0 aliphatic heterocycles. The van der Waals surface area contributed by atoms with Crippen LogP contribution in [0.3, 0.4) is 0 Å². The van der Waals surface area contributed by atoms with Crippen LogP contribution in [-0.4, -0.2) is 53.6 Å². The SMILES string of the molecule is CCc1ccc2ccccc2c1[C@@H]1C=C[C@@H]([C@H](Cc2cc[n-]c2)[C@H](O)CC(=O)[C@H](Cc2ccc(O)c(OC)c2)c2cc(O)cc(CNC)c2)c2ccc(O)c(OC)c21. The van der Waals surface area contributed by atoms with Crippen molar-refractivity contribution in [2.24, 2.45) is 5.92 Å². The van der Waals surface area contributed by atoms with E-state index in [0.29, 0.717) is 24.3 Å². The van der Waals surface area contributed by atoms with Crippen molar-refractivity contribution in [3.8, 4) is 28.7 Å². The van der Waals surface area contributed by atoms with Gasteiger partial charge >= 0.3 is 0 Å². The van der Waals surface area contributed by atoms with E-state index >= 15 is 0 Å². The van der Waals surface area contributed by atoms with E-state index in [2.05, 4.69) is 53.6 Å². The molecule has 7 rings (SSSR count). The monoisotopic (exact) mass is 779 g/mol. The van der Waals surface area contributed by atoms with Crippen LogP contribution in [-0.2, 0) is 30.6 Å². The van der Waals surface area contributed by atoms with Gasteiger partial charge in [-0.15, -0.1) is 0 Å². The zero-order chi connectivity index (χ0) is 40.9. The Morgan fingerprint density at radius 3 is 2.38 bits per heavy atom. The van der Waals surface area contributed by atoms with Crippen LogP contribution in [0.2, 0.25) is 0 Å². The summed E-state index contributed by atoms with van der Waals surface area (Å²) in [5.74, 6) is -1.29. The van der Waals surface area contributed by atoms with Crippen LogP contribution in [0.25, 0.3) is 10.8 Å². The molecule has 0 fully saturated rings. The molecule has 5 N–H and O–H groups in total. The summed E-state index contributed by atoms with van der Waals surface area (Å²) in [4.78, 5) is 19.1. The maximum absolute atomic E-state index is 14.8. The normalized spacial score (nSPS) is 16.4. The van der Waals surface area contributed by atoms with Crippen molar-refractivity contribution in [3.05, 3.63) is 160 Å². The van der Waals surface area contributed by atoms with E-state index in [0.717, 1.165) is 50.6 Å². The predicted molar refractivity (Wildman–Crippen MR) is 226 cm³/mol. The van der Waals surface area contributed by atoms with Crippen LogP contribution in [0.1, 0.15) is 75.6 Å². The third-order valence-corrected chi connectivity index (χ3v) is 11.7. The van der Waals surface area contributed by atoms with Crippen LogP contribution in [0, 0.1) is 5.92 Å². The number of aromatic hydroxyl groups is 3. The molecule has 300 valence electrons. The third kappa shape index (κ3) is 8.19. The Labute approximate surface area is 339 Å². The van der Waals surface area contributed by atoms with Gasteiger partial charge in [0.1, 0.15) is 11.5 Å². The van der Waals surface area contributed by atoms with Crippen LogP contribution in [0.4, 0.5) is 0 Å². The number of carbonyl (C=O) groups excluding carboxylic acids is 1. The number of aromatic nitrogens is 1. The molecule has 0 saturated heterocycles. The minimum absolute atomic E-state index is 0.0116. The molecule has 0 radical (unpaired) electrons. The highest BCUT2D eigenvalue weighted by Crippen LogP contribution is 2.51. The Bertz CT molecular complexity index is 2420. The average Bonchev–Trinajstić information content (AvgIpc) is 3.75. The number of rotatable bonds is 16. The number of phenols is 3. The first-order valence-electron chi connectivity index (χ1n) is 19.8. The molecule has 5 aromatic carbocycles. The molecule has 0 unspecified atom stereocenters. The maximum atomic E-state index is 14.8. The number of ether oxygens (including phenoxy) is 2. The van der Waals surface area contributed by atoms with Crippen LogP contribution in [0.5, 0.6) is 28.7 Å². The van der Waals surface area contributed by atoms with Gasteiger partial charge in [-0.3, -0.25) is 4.79 Å². The summed E-state index contributed by atoms with van der Waals surface area (Å²) < 4.78 is 11.4. The van der Waals surface area contributed by atoms with E-state index in [1.807, 2.05) is 37.4 Å². The number of hydrogen-bond acceptors (Lipinski definition) is 8. The molecule has 0 saturated carbocycles. The number of nitrogens with zero attached hydrogens (tertiary/aromatic N) is 1. The molecule has 1 heterocycles. The third-order valence-electron chi connectivity index (χ3n) is 11.7. The summed E-state index contributed by atoms with van der Waals surface area (Å²) in [7, 11) is 4.86. The van der Waals surface area contributed by atoms with E-state index in [-0.39, 0.29) is 53.5 Å². The lowest BCUT2D eigenvalue weighted by Gasteiger charge is -2.36. The number of phenolic OH excluding ortho intramolecular Hbond substituents is 3. The van der Waals surface area contributed by atoms with Crippen molar-refractivity contribution in [1.82, 2.24) is 10.3 Å². The number of hydrogen-bond donors (Lipinski definition) is 5. The number of ketones is 1. The highest BCUT2D eigenvalue weighted by atomic mass is 16.5. The second-order valence-electron chi connectivity index (χ2n) is 15.2. The molecule has 6 aromatic rings. The van der Waals surface area contributed by atoms with Gasteiger partial charge < -0.3 is 40.2 Å². The number of benzene rings is 5. The number of aliphatic hydroxyl groups excluding tert-OH is 1. The van der Waals surface area contributed by atoms with Gasteiger partial charge in [0.15, 0.2) is 23.0 Å². The number of allylic oxidation sites excluding steroid dienone is 2. The summed E-state index contributed by atoms with van der Waals surface area (Å²) in [5, 5.41) is 50.2. The highest BCUT2D eigenvalue weighted by molar-refractivity contribution is 5.89. The fourth-order valence-corrected chi connectivity index (χ4v) is 8.92. The molecule has 58 heavy (non-hydrogen) atoms. The zero-order valence-corrected chi connectivity index (χ0v) is 33.4. The van der Waals surface area contributed by atoms with Crippen LogP contribution in [0.15, 0.2) is 116 Å². The Morgan fingerprint density at radius 2 is 1.64 bits per heavy atom. The number of carbonyl (C=O) groups is 1. The molecule has 9 nitrogen and oxygen atoms in total. The topological polar surface area (TPSA) is 143 Å². The molecule has 1 aromatic heterocycles. The van der Waals surface area contributed by atoms with Crippen molar-refractivity contribution in [2.45, 2.75) is 63.0 Å². The smallest absolute Gasteiger partial charge is 0.164 e. The first-order valence-corrected chi connectivity index (χ1v) is 19.8. The van der Waals surface area contributed by atoms with Crippen LogP contribution >= 0.6 is 0 Å². The van der Waals surface area contributed by atoms with Crippen molar-refractivity contribution >= 4 is 16.6 Å². The molecular weight excluding hydrogens is 729 g/mol. The van der Waals surface area contributed by atoms with E-state index in [4.69, 9.17) is 9.47 Å². The second-order valence-corrected chi connectivity index (χ2v) is 15.2. The average molecular weight is 780 g/mol. The first-order chi connectivity index (χ1) is 28.1. The lowest BCUT2D eigenvalue weighted by Crippen LogP contribution is -2.33. The lowest BCUT2D eigenvalue weighted by molar-refractivity contribution is -0.123. The highest BCUT2D eigenvalue weighted by Gasteiger charge is 2.38. The van der Waals surface area contributed by atoms with Gasteiger partial charge in [0.05, 0.1) is 20.3 Å². The number of aliphatic hydroxyl groups is 1. The Kier molecular flexibility index (Phi) is 12.2. The molecule has 1 aliphatic rings. The Morgan fingerprint density at radius 1 is 0.828 bits per heavy atom. The summed E-state index contributed by atoms with van der Waals surface area (Å²) in [6, 6.07) is 28.3. The zero-order valence-electron chi connectivity index (χ0n) is 33.4. The van der Waals surface area contributed by atoms with Gasteiger partial charge in [0.2, 0.25) is 0 Å². The number of nitrogens with one attached hydrogen (secondary N) is 1. The van der Waals surface area contributed by atoms with E-state index in [9.17, 15) is 25.2 Å². The number of fused-ring (bicyclic) bond motifs is 2. The fourth-order valence-electron chi connectivity index (χ4n) is 8.92. The van der Waals surface area contributed by atoms with Gasteiger partial charge in [0, 0.05) is 36.3 Å². The number of methoxy groups -OCH3 is 2. The van der Waals surface area contributed by atoms with E-state index < -0.39 is 17.9 Å². The van der Waals surface area contributed by atoms with Crippen molar-refractivity contribution < 1.29 is 34.7 Å². The van der Waals surface area contributed by atoms with Crippen molar-refractivity contribution in [3.63, 3.8) is 0 Å². The standard InChI is InChI=1S/C49H51N2O7/c1-5-32-11-12-33-8-6-7-9-36(33)47(32)39-14-13-37(38-15-17-43(54)49(58-4)48(38)39)41(23-30-18-19-51-28-30)45(56)26-44(55)40(22-29-10-16-42(53)46(24-29)57-3)34-20-31(27-50-2)21-35(52)25-34/h6-21,24-25,28,37,39-41,45,50,52-54,56H,5,22-23,26-27H2,1-4H3/q-1/t37-,39+,40-,41+,45-/m1/s1. The predicted octanol–water partition coefficient (Wildman–Crippen LogP) is 8.20. The Balaban J connectivity index is 1.30. The molecule has 5 atom stereocenters. The van der Waals surface area contributed by atoms with Crippen LogP contribution < -0.4 is 19.8 Å². The lowest BCUT2D eigenvalue weighted by atomic mass is 9.69. The van der Waals surface area contributed by atoms with Crippen molar-refractivity contribution in [1.29, 1.82) is 0 Å². The molecule has 0 amide bonds. The molecule has 0 bridgehead atoms. The summed E-state index contributed by atoms with van der Waals surface area (Å²) in [6.07, 6.45) is 8.05. The largest absolute Gasteiger partial charge is 0.670 e. The fraction of sp³-hybridized carbons (Fsp3) is 0.286. The molecular formula is C49H51N2O7-. The van der Waals surface area contributed by atoms with E-state index in [1.54, 1.807) is 49.8 Å². The summed E-state index contributed by atoms with van der Waals surface area (Å²) >= 11 is 0. The second kappa shape index (κ2) is 17.6. The minimum Gasteiger partial charge on any atom is -0.670 e. The maximum Gasteiger partial charge on any atom is 0.164 e. The van der Waals surface area contributed by atoms with E-state index in [1.165, 1.54) is 18.7 Å². The minimum atomic E-state index is -1.10. The first kappa shape index (κ1) is 40.2. The molecule has 9 heteroatoms. The number of aryl methyl sites for hydroxylation is 1. The van der Waals surface area contributed by atoms with Gasteiger partial charge in [-0.1, -0.05) is 85.3 Å². The summed E-state index contributed by atoms with van der Waals surface area (Å²) in [6.45, 7) is 2.63. The molecule has 1 aliphatic carbocycles. The Hall–Kier alpha value is -6.03.